The van der Waals surface area contributed by atoms with E-state index in [-0.39, 0.29) is 18.3 Å². The number of aliphatic carboxylic acids is 1. The van der Waals surface area contributed by atoms with Gasteiger partial charge in [0.15, 0.2) is 0 Å². The first-order chi connectivity index (χ1) is 6.13. The minimum atomic E-state index is -0.777. The van der Waals surface area contributed by atoms with Gasteiger partial charge in [-0.25, -0.2) is 0 Å². The molecule has 1 heterocycles. The highest BCUT2D eigenvalue weighted by atomic mass is 35.5. The van der Waals surface area contributed by atoms with Crippen molar-refractivity contribution in [1.82, 2.24) is 4.98 Å². The van der Waals surface area contributed by atoms with E-state index in [9.17, 15) is 4.79 Å². The maximum absolute atomic E-state index is 10.9. The van der Waals surface area contributed by atoms with Gasteiger partial charge in [-0.1, -0.05) is 13.8 Å². The molecule has 0 aliphatic heterocycles. The number of aromatic nitrogens is 1. The number of halogens is 1. The van der Waals surface area contributed by atoms with E-state index < -0.39 is 11.9 Å². The summed E-state index contributed by atoms with van der Waals surface area (Å²) in [5.74, 6) is -1.11. The third-order valence-corrected chi connectivity index (χ3v) is 2.00. The molecule has 1 aromatic rings. The van der Waals surface area contributed by atoms with Crippen LogP contribution in [0.3, 0.4) is 0 Å². The second kappa shape index (κ2) is 5.60. The lowest BCUT2D eigenvalue weighted by atomic mass is 9.89. The Morgan fingerprint density at radius 2 is 1.86 bits per heavy atom. The van der Waals surface area contributed by atoms with Gasteiger partial charge in [-0.15, -0.1) is 12.4 Å². The van der Waals surface area contributed by atoms with Crippen molar-refractivity contribution >= 4 is 18.4 Å². The van der Waals surface area contributed by atoms with E-state index >= 15 is 0 Å². The molecule has 0 aliphatic carbocycles. The summed E-state index contributed by atoms with van der Waals surface area (Å²) in [6, 6.07) is 3.50. The van der Waals surface area contributed by atoms with Crippen LogP contribution in [0.5, 0.6) is 0 Å². The Balaban J connectivity index is 0.00000169. The molecule has 0 aromatic carbocycles. The largest absolute Gasteiger partial charge is 0.481 e. The molecule has 0 aliphatic rings. The predicted octanol–water partition coefficient (Wildman–Crippen LogP) is 2.33. The van der Waals surface area contributed by atoms with Gasteiger partial charge in [0.2, 0.25) is 0 Å². The van der Waals surface area contributed by atoms with Crippen LogP contribution in [0, 0.1) is 5.92 Å². The van der Waals surface area contributed by atoms with E-state index in [2.05, 4.69) is 4.98 Å². The first-order valence-electron chi connectivity index (χ1n) is 4.25. The van der Waals surface area contributed by atoms with E-state index in [0.717, 1.165) is 5.56 Å². The van der Waals surface area contributed by atoms with Gasteiger partial charge >= 0.3 is 5.97 Å². The Bertz CT molecular complexity index is 287. The van der Waals surface area contributed by atoms with Crippen molar-refractivity contribution in [2.75, 3.05) is 0 Å². The second-order valence-electron chi connectivity index (χ2n) is 3.34. The van der Waals surface area contributed by atoms with Gasteiger partial charge in [-0.05, 0) is 23.6 Å². The van der Waals surface area contributed by atoms with Gasteiger partial charge in [0.25, 0.3) is 0 Å². The van der Waals surface area contributed by atoms with Crippen molar-refractivity contribution in [1.29, 1.82) is 0 Å². The van der Waals surface area contributed by atoms with Crippen LogP contribution in [-0.2, 0) is 4.79 Å². The quantitative estimate of drug-likeness (QED) is 0.842. The standard InChI is InChI=1S/C10H13NO2.ClH/c1-7(2)9(10(12)13)8-3-5-11-6-4-8;/h3-7,9H,1-2H3,(H,12,13);1H. The van der Waals surface area contributed by atoms with Crippen molar-refractivity contribution in [3.05, 3.63) is 30.1 Å². The number of carboxylic acids is 1. The molecule has 0 bridgehead atoms. The SMILES string of the molecule is CC(C)C(C(=O)O)c1ccncc1.Cl. The number of rotatable bonds is 3. The summed E-state index contributed by atoms with van der Waals surface area (Å²) in [6.45, 7) is 3.80. The Morgan fingerprint density at radius 1 is 1.36 bits per heavy atom. The summed E-state index contributed by atoms with van der Waals surface area (Å²) in [6.07, 6.45) is 3.24. The minimum Gasteiger partial charge on any atom is -0.481 e. The van der Waals surface area contributed by atoms with Crippen molar-refractivity contribution in [3.63, 3.8) is 0 Å². The third-order valence-electron chi connectivity index (χ3n) is 2.00. The molecule has 0 saturated heterocycles. The highest BCUT2D eigenvalue weighted by molar-refractivity contribution is 5.85. The lowest BCUT2D eigenvalue weighted by molar-refractivity contribution is -0.139. The van der Waals surface area contributed by atoms with Crippen LogP contribution < -0.4 is 0 Å². The lowest BCUT2D eigenvalue weighted by Gasteiger charge is -2.15. The van der Waals surface area contributed by atoms with Crippen LogP contribution >= 0.6 is 12.4 Å². The molecule has 0 radical (unpaired) electrons. The number of nitrogens with zero attached hydrogens (tertiary/aromatic N) is 1. The molecule has 78 valence electrons. The summed E-state index contributed by atoms with van der Waals surface area (Å²) in [4.78, 5) is 14.8. The molecule has 0 spiro atoms. The van der Waals surface area contributed by atoms with Crippen molar-refractivity contribution in [3.8, 4) is 0 Å². The van der Waals surface area contributed by atoms with E-state index in [4.69, 9.17) is 5.11 Å². The monoisotopic (exact) mass is 215 g/mol. The number of pyridine rings is 1. The van der Waals surface area contributed by atoms with Gasteiger partial charge in [-0.2, -0.15) is 0 Å². The van der Waals surface area contributed by atoms with Gasteiger partial charge in [0.05, 0.1) is 5.92 Å². The highest BCUT2D eigenvalue weighted by Crippen LogP contribution is 2.23. The van der Waals surface area contributed by atoms with E-state index in [1.54, 1.807) is 24.5 Å². The third kappa shape index (κ3) is 3.00. The normalized spacial score (nSPS) is 11.9. The summed E-state index contributed by atoms with van der Waals surface area (Å²) < 4.78 is 0. The lowest BCUT2D eigenvalue weighted by Crippen LogP contribution is -2.17. The van der Waals surface area contributed by atoms with Crippen LogP contribution in [0.25, 0.3) is 0 Å². The van der Waals surface area contributed by atoms with Crippen molar-refractivity contribution in [2.24, 2.45) is 5.92 Å². The molecule has 0 saturated carbocycles. The topological polar surface area (TPSA) is 50.2 Å². The smallest absolute Gasteiger partial charge is 0.311 e. The second-order valence-corrected chi connectivity index (χ2v) is 3.34. The molecule has 1 atom stereocenters. The first kappa shape index (κ1) is 12.9. The average molecular weight is 216 g/mol. The molecule has 3 nitrogen and oxygen atoms in total. The first-order valence-corrected chi connectivity index (χ1v) is 4.25. The van der Waals surface area contributed by atoms with Crippen LogP contribution in [0.2, 0.25) is 0 Å². The molecular formula is C10H14ClNO2. The maximum atomic E-state index is 10.9. The molecular weight excluding hydrogens is 202 g/mol. The summed E-state index contributed by atoms with van der Waals surface area (Å²) >= 11 is 0. The molecule has 1 aromatic heterocycles. The van der Waals surface area contributed by atoms with Gasteiger partial charge in [0, 0.05) is 12.4 Å². The minimum absolute atomic E-state index is 0. The van der Waals surface area contributed by atoms with Gasteiger partial charge in [0.1, 0.15) is 0 Å². The van der Waals surface area contributed by atoms with E-state index in [0.29, 0.717) is 0 Å². The molecule has 14 heavy (non-hydrogen) atoms. The summed E-state index contributed by atoms with van der Waals surface area (Å²) in [5.41, 5.74) is 0.817. The molecule has 1 unspecified atom stereocenters. The van der Waals surface area contributed by atoms with Crippen molar-refractivity contribution in [2.45, 2.75) is 19.8 Å². The fourth-order valence-electron chi connectivity index (χ4n) is 1.38. The predicted molar refractivity (Wildman–Crippen MR) is 56.7 cm³/mol. The van der Waals surface area contributed by atoms with Crippen LogP contribution in [0.15, 0.2) is 24.5 Å². The summed E-state index contributed by atoms with van der Waals surface area (Å²) in [5, 5.41) is 8.98. The number of carbonyl (C=O) groups is 1. The Kier molecular flexibility index (Phi) is 5.16. The molecule has 1 rings (SSSR count). The van der Waals surface area contributed by atoms with Crippen LogP contribution in [-0.4, -0.2) is 16.1 Å². The van der Waals surface area contributed by atoms with E-state index in [1.165, 1.54) is 0 Å². The fourth-order valence-corrected chi connectivity index (χ4v) is 1.38. The number of hydrogen-bond acceptors (Lipinski definition) is 2. The van der Waals surface area contributed by atoms with E-state index in [1.807, 2.05) is 13.8 Å². The molecule has 1 N–H and O–H groups in total. The number of carboxylic acid groups (broad SMARTS) is 1. The Morgan fingerprint density at radius 3 is 2.21 bits per heavy atom. The van der Waals surface area contributed by atoms with Crippen molar-refractivity contribution < 1.29 is 9.90 Å². The maximum Gasteiger partial charge on any atom is 0.311 e. The zero-order chi connectivity index (χ0) is 9.84. The Labute approximate surface area is 89.6 Å². The Hall–Kier alpha value is -1.09. The highest BCUT2D eigenvalue weighted by Gasteiger charge is 2.22. The molecule has 0 fully saturated rings. The van der Waals surface area contributed by atoms with Gasteiger partial charge < -0.3 is 5.11 Å². The fraction of sp³-hybridized carbons (Fsp3) is 0.400. The zero-order valence-corrected chi connectivity index (χ0v) is 8.99. The summed E-state index contributed by atoms with van der Waals surface area (Å²) in [7, 11) is 0. The molecule has 4 heteroatoms. The van der Waals surface area contributed by atoms with Crippen LogP contribution in [0.4, 0.5) is 0 Å². The molecule has 0 amide bonds. The van der Waals surface area contributed by atoms with Crippen LogP contribution in [0.1, 0.15) is 25.3 Å². The average Bonchev–Trinajstić information content (AvgIpc) is 2.04. The van der Waals surface area contributed by atoms with Gasteiger partial charge in [-0.3, -0.25) is 9.78 Å². The zero-order valence-electron chi connectivity index (χ0n) is 8.18. The number of hydrogen-bond donors (Lipinski definition) is 1.